The Kier molecular flexibility index (Phi) is 6.69. The van der Waals surface area contributed by atoms with Gasteiger partial charge in [-0.25, -0.2) is 14.7 Å². The lowest BCUT2D eigenvalue weighted by molar-refractivity contribution is -0.119. The fourth-order valence-corrected chi connectivity index (χ4v) is 3.25. The fraction of sp³-hybridized carbons (Fsp3) is 0.250. The van der Waals surface area contributed by atoms with Gasteiger partial charge in [0.1, 0.15) is 17.7 Å². The van der Waals surface area contributed by atoms with Crippen molar-refractivity contribution in [1.29, 1.82) is 0 Å². The average molecular weight is 451 g/mol. The zero-order valence-corrected chi connectivity index (χ0v) is 18.1. The van der Waals surface area contributed by atoms with Gasteiger partial charge in [-0.05, 0) is 24.3 Å². The predicted molar refractivity (Wildman–Crippen MR) is 117 cm³/mol. The largest absolute Gasteiger partial charge is 0.497 e. The van der Waals surface area contributed by atoms with E-state index in [-0.39, 0.29) is 11.7 Å². The second-order valence-corrected chi connectivity index (χ2v) is 6.98. The van der Waals surface area contributed by atoms with Crippen LogP contribution in [0.25, 0.3) is 0 Å². The number of likely N-dealkylation sites (N-methyl/N-ethyl adjacent to an activating group) is 1. The molecule has 1 N–H and O–H groups in total. The predicted octanol–water partition coefficient (Wildman–Crippen LogP) is 3.83. The van der Waals surface area contributed by atoms with E-state index in [2.05, 4.69) is 10.3 Å². The lowest BCUT2D eigenvalue weighted by atomic mass is 10.2. The monoisotopic (exact) mass is 450 g/mol. The summed E-state index contributed by atoms with van der Waals surface area (Å²) in [4.78, 5) is 32.0. The maximum absolute atomic E-state index is 12.7. The number of amides is 3. The molecule has 1 atom stereocenters. The highest BCUT2D eigenvalue weighted by Crippen LogP contribution is 2.31. The first-order chi connectivity index (χ1) is 14.4. The Balaban J connectivity index is 1.98. The molecular formula is C20H20Cl2N4O4. The number of methoxy groups -OCH3 is 2. The Morgan fingerprint density at radius 2 is 1.87 bits per heavy atom. The molecule has 2 aromatic rings. The molecule has 1 aliphatic rings. The second kappa shape index (κ2) is 9.23. The van der Waals surface area contributed by atoms with Crippen LogP contribution in [0.15, 0.2) is 47.5 Å². The van der Waals surface area contributed by atoms with E-state index >= 15 is 0 Å². The number of aliphatic imine (C=N–C) groups is 1. The topological polar surface area (TPSA) is 83.5 Å². The second-order valence-electron chi connectivity index (χ2n) is 6.27. The smallest absolute Gasteiger partial charge is 0.337 e. The van der Waals surface area contributed by atoms with Crippen molar-refractivity contribution in [2.75, 3.05) is 37.4 Å². The van der Waals surface area contributed by atoms with Crippen LogP contribution in [0, 0.1) is 0 Å². The van der Waals surface area contributed by atoms with Gasteiger partial charge in [-0.15, -0.1) is 11.6 Å². The third kappa shape index (κ3) is 4.15. The highest BCUT2D eigenvalue weighted by molar-refractivity contribution is 6.55. The van der Waals surface area contributed by atoms with Gasteiger partial charge >= 0.3 is 6.03 Å². The number of carbonyl (C=O) groups is 2. The number of ether oxygens (including phenoxy) is 2. The summed E-state index contributed by atoms with van der Waals surface area (Å²) in [6, 6.07) is 11.4. The standard InChI is InChI=1S/C20H20Cl2N4O4/c1-25-19(27)18(26(20(25)28)15-7-5-4-6-13(15)22)24-17(11-21)23-14-9-8-12(29-2)10-16(14)30-3/h4-10,17,23H,11H2,1-3H3. The van der Waals surface area contributed by atoms with Crippen LogP contribution in [0.5, 0.6) is 11.5 Å². The minimum absolute atomic E-state index is 0.0280. The molecule has 0 bridgehead atoms. The number of urea groups is 1. The Morgan fingerprint density at radius 3 is 2.50 bits per heavy atom. The van der Waals surface area contributed by atoms with E-state index in [0.717, 1.165) is 4.90 Å². The van der Waals surface area contributed by atoms with Gasteiger partial charge in [-0.2, -0.15) is 0 Å². The Bertz CT molecular complexity index is 999. The molecule has 1 heterocycles. The van der Waals surface area contributed by atoms with E-state index in [9.17, 15) is 9.59 Å². The maximum atomic E-state index is 12.7. The van der Waals surface area contributed by atoms with Crippen LogP contribution in [0.2, 0.25) is 5.02 Å². The molecular weight excluding hydrogens is 431 g/mol. The Morgan fingerprint density at radius 1 is 1.13 bits per heavy atom. The number of halogens is 2. The lowest BCUT2D eigenvalue weighted by Gasteiger charge is -2.20. The van der Waals surface area contributed by atoms with Crippen LogP contribution in [0.1, 0.15) is 0 Å². The molecule has 1 aliphatic heterocycles. The molecule has 0 saturated carbocycles. The molecule has 1 fully saturated rings. The molecule has 2 aromatic carbocycles. The van der Waals surface area contributed by atoms with E-state index in [0.29, 0.717) is 27.9 Å². The van der Waals surface area contributed by atoms with Gasteiger partial charge in [-0.3, -0.25) is 9.69 Å². The molecule has 8 nitrogen and oxygen atoms in total. The van der Waals surface area contributed by atoms with E-state index in [1.54, 1.807) is 49.6 Å². The van der Waals surface area contributed by atoms with Crippen molar-refractivity contribution >= 4 is 52.4 Å². The van der Waals surface area contributed by atoms with Gasteiger partial charge in [-0.1, -0.05) is 23.7 Å². The van der Waals surface area contributed by atoms with Gasteiger partial charge in [0.15, 0.2) is 0 Å². The van der Waals surface area contributed by atoms with Crippen LogP contribution < -0.4 is 19.7 Å². The van der Waals surface area contributed by atoms with E-state index in [4.69, 9.17) is 32.7 Å². The highest BCUT2D eigenvalue weighted by atomic mass is 35.5. The number of hydrogen-bond acceptors (Lipinski definition) is 6. The first kappa shape index (κ1) is 21.7. The third-order valence-corrected chi connectivity index (χ3v) is 5.05. The quantitative estimate of drug-likeness (QED) is 0.511. The van der Waals surface area contributed by atoms with Crippen LogP contribution in [-0.2, 0) is 4.79 Å². The van der Waals surface area contributed by atoms with E-state index in [1.165, 1.54) is 19.1 Å². The number of carbonyl (C=O) groups excluding carboxylic acids is 2. The van der Waals surface area contributed by atoms with Crippen molar-refractivity contribution in [3.63, 3.8) is 0 Å². The zero-order valence-electron chi connectivity index (χ0n) is 16.6. The number of anilines is 2. The number of para-hydroxylation sites is 1. The van der Waals surface area contributed by atoms with Gasteiger partial charge < -0.3 is 14.8 Å². The molecule has 30 heavy (non-hydrogen) atoms. The van der Waals surface area contributed by atoms with E-state index < -0.39 is 18.1 Å². The number of amidine groups is 1. The van der Waals surface area contributed by atoms with Crippen LogP contribution in [0.3, 0.4) is 0 Å². The first-order valence-electron chi connectivity index (χ1n) is 8.90. The summed E-state index contributed by atoms with van der Waals surface area (Å²) >= 11 is 12.4. The minimum atomic E-state index is -0.725. The van der Waals surface area contributed by atoms with Gasteiger partial charge in [0.25, 0.3) is 5.91 Å². The molecule has 0 aromatic heterocycles. The molecule has 158 valence electrons. The number of rotatable bonds is 7. The van der Waals surface area contributed by atoms with Crippen LogP contribution in [-0.4, -0.2) is 56.0 Å². The number of alkyl halides is 1. The molecule has 1 unspecified atom stereocenters. The number of imide groups is 1. The summed E-state index contributed by atoms with van der Waals surface area (Å²) in [6.07, 6.45) is -0.725. The molecule has 0 aliphatic carbocycles. The molecule has 3 rings (SSSR count). The maximum Gasteiger partial charge on any atom is 0.337 e. The van der Waals surface area contributed by atoms with Crippen LogP contribution in [0.4, 0.5) is 16.2 Å². The number of hydrogen-bond donors (Lipinski definition) is 1. The highest BCUT2D eigenvalue weighted by Gasteiger charge is 2.42. The van der Waals surface area contributed by atoms with Crippen molar-refractivity contribution in [3.05, 3.63) is 47.5 Å². The molecule has 10 heteroatoms. The summed E-state index contributed by atoms with van der Waals surface area (Å²) in [5, 5.41) is 3.44. The molecule has 3 amide bonds. The van der Waals surface area contributed by atoms with E-state index in [1.807, 2.05) is 0 Å². The number of nitrogens with zero attached hydrogens (tertiary/aromatic N) is 3. The van der Waals surface area contributed by atoms with Gasteiger partial charge in [0.2, 0.25) is 5.84 Å². The normalized spacial score (nSPS) is 16.2. The van der Waals surface area contributed by atoms with Gasteiger partial charge in [0, 0.05) is 13.1 Å². The van der Waals surface area contributed by atoms with Crippen molar-refractivity contribution in [3.8, 4) is 11.5 Å². The number of benzene rings is 2. The summed E-state index contributed by atoms with van der Waals surface area (Å²) in [7, 11) is 4.46. The third-order valence-electron chi connectivity index (χ3n) is 4.43. The summed E-state index contributed by atoms with van der Waals surface area (Å²) < 4.78 is 10.6. The zero-order chi connectivity index (χ0) is 21.8. The fourth-order valence-electron chi connectivity index (χ4n) is 2.89. The molecule has 0 spiro atoms. The average Bonchev–Trinajstić information content (AvgIpc) is 2.97. The SMILES string of the molecule is COc1ccc(NC(CCl)N=C2C(=O)N(C)C(=O)N2c2ccccc2Cl)c(OC)c1. The van der Waals surface area contributed by atoms with Gasteiger partial charge in [0.05, 0.1) is 36.5 Å². The minimum Gasteiger partial charge on any atom is -0.497 e. The summed E-state index contributed by atoms with van der Waals surface area (Å²) in [5.74, 6) is 0.521. The van der Waals surface area contributed by atoms with Crippen LogP contribution >= 0.6 is 23.2 Å². The lowest BCUT2D eigenvalue weighted by Crippen LogP contribution is -2.34. The molecule has 0 radical (unpaired) electrons. The summed E-state index contributed by atoms with van der Waals surface area (Å²) in [6.45, 7) is 0. The van der Waals surface area contributed by atoms with Crippen molar-refractivity contribution in [2.24, 2.45) is 4.99 Å². The summed E-state index contributed by atoms with van der Waals surface area (Å²) in [5.41, 5.74) is 0.957. The first-order valence-corrected chi connectivity index (χ1v) is 9.81. The Hall–Kier alpha value is -2.97. The van der Waals surface area contributed by atoms with Crippen molar-refractivity contribution < 1.29 is 19.1 Å². The van der Waals surface area contributed by atoms with Crippen molar-refractivity contribution in [2.45, 2.75) is 6.17 Å². The van der Waals surface area contributed by atoms with Crippen molar-refractivity contribution in [1.82, 2.24) is 4.90 Å². The Labute approximate surface area is 184 Å². The number of nitrogens with one attached hydrogen (secondary N) is 1. The molecule has 1 saturated heterocycles.